The van der Waals surface area contributed by atoms with Gasteiger partial charge in [-0.3, -0.25) is 5.32 Å². The standard InChI is InChI=1S/C8H8NO2/c1-6-3-2-4-7(5-6)9-8(10)11/h2-5,9H,1H2,(H,10,11). The fourth-order valence-electron chi connectivity index (χ4n) is 0.773. The summed E-state index contributed by atoms with van der Waals surface area (Å²) in [5.41, 5.74) is 1.33. The first-order valence-corrected chi connectivity index (χ1v) is 3.10. The lowest BCUT2D eigenvalue weighted by Gasteiger charge is -1.99. The van der Waals surface area contributed by atoms with E-state index in [9.17, 15) is 4.79 Å². The summed E-state index contributed by atoms with van der Waals surface area (Å²) in [6.45, 7) is 3.66. The van der Waals surface area contributed by atoms with Crippen molar-refractivity contribution in [2.24, 2.45) is 0 Å². The van der Waals surface area contributed by atoms with Crippen molar-refractivity contribution in [3.63, 3.8) is 0 Å². The van der Waals surface area contributed by atoms with Gasteiger partial charge >= 0.3 is 6.09 Å². The SMILES string of the molecule is [CH2]c1cccc(NC(=O)O)c1. The molecular weight excluding hydrogens is 142 g/mol. The van der Waals surface area contributed by atoms with Gasteiger partial charge in [-0.15, -0.1) is 0 Å². The third-order valence-electron chi connectivity index (χ3n) is 1.18. The summed E-state index contributed by atoms with van der Waals surface area (Å²) >= 11 is 0. The van der Waals surface area contributed by atoms with Crippen molar-refractivity contribution in [2.45, 2.75) is 0 Å². The van der Waals surface area contributed by atoms with Crippen LogP contribution in [0.25, 0.3) is 0 Å². The van der Waals surface area contributed by atoms with Crippen molar-refractivity contribution < 1.29 is 9.90 Å². The third-order valence-corrected chi connectivity index (χ3v) is 1.18. The number of benzene rings is 1. The molecule has 0 fully saturated rings. The summed E-state index contributed by atoms with van der Waals surface area (Å²) in [6, 6.07) is 6.87. The molecule has 1 aromatic rings. The number of carbonyl (C=O) groups is 1. The molecule has 1 radical (unpaired) electrons. The zero-order valence-electron chi connectivity index (χ0n) is 5.87. The van der Waals surface area contributed by atoms with E-state index in [1.165, 1.54) is 0 Å². The van der Waals surface area contributed by atoms with E-state index < -0.39 is 6.09 Å². The minimum Gasteiger partial charge on any atom is -0.465 e. The van der Waals surface area contributed by atoms with Gasteiger partial charge in [0.1, 0.15) is 0 Å². The second-order valence-corrected chi connectivity index (χ2v) is 2.13. The highest BCUT2D eigenvalue weighted by molar-refractivity contribution is 5.82. The van der Waals surface area contributed by atoms with Crippen LogP contribution in [0.5, 0.6) is 0 Å². The summed E-state index contributed by atoms with van der Waals surface area (Å²) in [5.74, 6) is 0. The largest absolute Gasteiger partial charge is 0.465 e. The summed E-state index contributed by atoms with van der Waals surface area (Å²) in [4.78, 5) is 10.1. The number of carboxylic acid groups (broad SMARTS) is 1. The maximum absolute atomic E-state index is 10.1. The molecule has 0 saturated carbocycles. The van der Waals surface area contributed by atoms with E-state index in [4.69, 9.17) is 5.11 Å². The molecule has 0 atom stereocenters. The highest BCUT2D eigenvalue weighted by Gasteiger charge is 1.95. The minimum atomic E-state index is -1.06. The lowest BCUT2D eigenvalue weighted by molar-refractivity contribution is 0.210. The maximum Gasteiger partial charge on any atom is 0.409 e. The van der Waals surface area contributed by atoms with Crippen LogP contribution in [0.1, 0.15) is 5.56 Å². The van der Waals surface area contributed by atoms with Gasteiger partial charge in [0.25, 0.3) is 0 Å². The summed E-state index contributed by atoms with van der Waals surface area (Å²) in [6.07, 6.45) is -1.06. The molecule has 0 aliphatic rings. The highest BCUT2D eigenvalue weighted by atomic mass is 16.4. The second kappa shape index (κ2) is 3.05. The predicted octanol–water partition coefficient (Wildman–Crippen LogP) is 1.96. The number of hydrogen-bond acceptors (Lipinski definition) is 1. The average Bonchev–Trinajstić information content (AvgIpc) is 1.85. The Balaban J connectivity index is 2.79. The van der Waals surface area contributed by atoms with Crippen LogP contribution < -0.4 is 5.32 Å². The van der Waals surface area contributed by atoms with Crippen LogP contribution in [0.2, 0.25) is 0 Å². The molecule has 2 N–H and O–H groups in total. The van der Waals surface area contributed by atoms with Gasteiger partial charge < -0.3 is 5.11 Å². The molecule has 0 bridgehead atoms. The molecule has 57 valence electrons. The zero-order valence-corrected chi connectivity index (χ0v) is 5.87. The highest BCUT2D eigenvalue weighted by Crippen LogP contribution is 2.08. The van der Waals surface area contributed by atoms with Crippen molar-refractivity contribution >= 4 is 11.8 Å². The number of hydrogen-bond donors (Lipinski definition) is 2. The van der Waals surface area contributed by atoms with Crippen LogP contribution in [-0.4, -0.2) is 11.2 Å². The monoisotopic (exact) mass is 150 g/mol. The molecule has 0 unspecified atom stereocenters. The van der Waals surface area contributed by atoms with Gasteiger partial charge in [0.2, 0.25) is 0 Å². The Kier molecular flexibility index (Phi) is 2.11. The lowest BCUT2D eigenvalue weighted by Crippen LogP contribution is -2.06. The lowest BCUT2D eigenvalue weighted by atomic mass is 10.2. The maximum atomic E-state index is 10.1. The molecule has 0 aliphatic heterocycles. The summed E-state index contributed by atoms with van der Waals surface area (Å²) in [7, 11) is 0. The van der Waals surface area contributed by atoms with Crippen molar-refractivity contribution in [2.75, 3.05) is 5.32 Å². The Hall–Kier alpha value is -1.51. The Morgan fingerprint density at radius 3 is 2.82 bits per heavy atom. The van der Waals surface area contributed by atoms with E-state index in [1.807, 2.05) is 0 Å². The first-order valence-electron chi connectivity index (χ1n) is 3.10. The van der Waals surface area contributed by atoms with Gasteiger partial charge in [0.15, 0.2) is 0 Å². The first-order chi connectivity index (χ1) is 5.18. The van der Waals surface area contributed by atoms with Gasteiger partial charge in [-0.1, -0.05) is 12.1 Å². The molecule has 0 aromatic heterocycles. The van der Waals surface area contributed by atoms with Crippen LogP contribution in [0, 0.1) is 6.92 Å². The molecule has 3 nitrogen and oxygen atoms in total. The first kappa shape index (κ1) is 7.60. The van der Waals surface area contributed by atoms with Gasteiger partial charge in [-0.25, -0.2) is 4.79 Å². The van der Waals surface area contributed by atoms with Gasteiger partial charge in [-0.05, 0) is 24.6 Å². The number of amides is 1. The molecule has 0 spiro atoms. The van der Waals surface area contributed by atoms with Crippen LogP contribution in [-0.2, 0) is 0 Å². The topological polar surface area (TPSA) is 49.3 Å². The smallest absolute Gasteiger partial charge is 0.409 e. The Labute approximate surface area is 64.7 Å². The number of nitrogens with one attached hydrogen (secondary N) is 1. The zero-order chi connectivity index (χ0) is 8.27. The van der Waals surface area contributed by atoms with Gasteiger partial charge in [0, 0.05) is 5.69 Å². The van der Waals surface area contributed by atoms with E-state index in [2.05, 4.69) is 12.2 Å². The van der Waals surface area contributed by atoms with Crippen LogP contribution >= 0.6 is 0 Å². The fraction of sp³-hybridized carbons (Fsp3) is 0. The van der Waals surface area contributed by atoms with Crippen LogP contribution in [0.4, 0.5) is 10.5 Å². The van der Waals surface area contributed by atoms with E-state index in [0.29, 0.717) is 5.69 Å². The van der Waals surface area contributed by atoms with Crippen molar-refractivity contribution in [1.29, 1.82) is 0 Å². The predicted molar refractivity (Wildman–Crippen MR) is 42.5 cm³/mol. The quantitative estimate of drug-likeness (QED) is 0.642. The molecule has 11 heavy (non-hydrogen) atoms. The molecular formula is C8H8NO2. The molecule has 1 aromatic carbocycles. The minimum absolute atomic E-state index is 0.546. The van der Waals surface area contributed by atoms with E-state index in [-0.39, 0.29) is 0 Å². The van der Waals surface area contributed by atoms with Crippen molar-refractivity contribution in [3.8, 4) is 0 Å². The summed E-state index contributed by atoms with van der Waals surface area (Å²) < 4.78 is 0. The molecule has 0 heterocycles. The van der Waals surface area contributed by atoms with Crippen molar-refractivity contribution in [1.82, 2.24) is 0 Å². The van der Waals surface area contributed by atoms with E-state index >= 15 is 0 Å². The van der Waals surface area contributed by atoms with Crippen LogP contribution in [0.3, 0.4) is 0 Å². The van der Waals surface area contributed by atoms with E-state index in [0.717, 1.165) is 5.56 Å². The molecule has 0 saturated heterocycles. The van der Waals surface area contributed by atoms with Gasteiger partial charge in [-0.2, -0.15) is 0 Å². The normalized spacial score (nSPS) is 9.18. The Morgan fingerprint density at radius 1 is 1.55 bits per heavy atom. The third kappa shape index (κ3) is 2.29. The van der Waals surface area contributed by atoms with E-state index in [1.54, 1.807) is 24.3 Å². The molecule has 1 rings (SSSR count). The van der Waals surface area contributed by atoms with Crippen LogP contribution in [0.15, 0.2) is 24.3 Å². The molecule has 3 heteroatoms. The second-order valence-electron chi connectivity index (χ2n) is 2.13. The number of rotatable bonds is 1. The molecule has 0 aliphatic carbocycles. The fourth-order valence-corrected chi connectivity index (χ4v) is 0.773. The Morgan fingerprint density at radius 2 is 2.27 bits per heavy atom. The number of anilines is 1. The summed E-state index contributed by atoms with van der Waals surface area (Å²) in [5, 5.41) is 10.5. The van der Waals surface area contributed by atoms with Gasteiger partial charge in [0.05, 0.1) is 0 Å². The van der Waals surface area contributed by atoms with Crippen molar-refractivity contribution in [3.05, 3.63) is 36.8 Å². The Bertz CT molecular complexity index is 271. The molecule has 1 amide bonds. The average molecular weight is 150 g/mol.